The van der Waals surface area contributed by atoms with Gasteiger partial charge in [0.1, 0.15) is 6.54 Å². The van der Waals surface area contributed by atoms with E-state index in [2.05, 4.69) is 5.32 Å². The molecule has 0 spiro atoms. The first kappa shape index (κ1) is 19.3. The van der Waals surface area contributed by atoms with Crippen LogP contribution >= 0.6 is 0 Å². The van der Waals surface area contributed by atoms with Crippen LogP contribution in [0, 0.1) is 5.21 Å². The van der Waals surface area contributed by atoms with Gasteiger partial charge in [-0.1, -0.05) is 12.1 Å². The zero-order chi connectivity index (χ0) is 19.3. The number of sulfonamides is 1. The standard InChI is InChI=1S/C15H14N3O7S/c19-14(20)9-16-26(24,25)11-7-5-10(6-8-11)17-15(21)12-3-1-2-4-13(12)18(22)23/h1-8,16,22H,9H2,(H,17,21)(H,19,20)/q-1. The molecule has 0 heterocycles. The van der Waals surface area contributed by atoms with Crippen molar-refractivity contribution in [3.8, 4) is 0 Å². The number of aliphatic carboxylic acids is 1. The average molecular weight is 380 g/mol. The van der Waals surface area contributed by atoms with Crippen molar-refractivity contribution in [1.82, 2.24) is 4.72 Å². The van der Waals surface area contributed by atoms with Crippen LogP contribution in [-0.2, 0) is 14.8 Å². The van der Waals surface area contributed by atoms with Crippen LogP contribution in [-0.4, -0.2) is 37.2 Å². The Bertz CT molecular complexity index is 911. The smallest absolute Gasteiger partial charge is 0.318 e. The van der Waals surface area contributed by atoms with Gasteiger partial charge in [0.25, 0.3) is 5.91 Å². The molecule has 0 aliphatic rings. The van der Waals surface area contributed by atoms with E-state index in [0.29, 0.717) is 0 Å². The number of rotatable bonds is 7. The minimum absolute atomic E-state index is 0.0789. The third kappa shape index (κ3) is 4.77. The van der Waals surface area contributed by atoms with Gasteiger partial charge < -0.3 is 20.9 Å². The maximum atomic E-state index is 12.2. The van der Waals surface area contributed by atoms with Crippen molar-refractivity contribution in [3.63, 3.8) is 0 Å². The normalized spacial score (nSPS) is 11.0. The van der Waals surface area contributed by atoms with E-state index < -0.39 is 33.7 Å². The molecule has 0 unspecified atom stereocenters. The summed E-state index contributed by atoms with van der Waals surface area (Å²) in [4.78, 5) is 22.5. The van der Waals surface area contributed by atoms with Crippen LogP contribution in [0.3, 0.4) is 0 Å². The molecular weight excluding hydrogens is 366 g/mol. The summed E-state index contributed by atoms with van der Waals surface area (Å²) in [5, 5.41) is 30.6. The number of carboxylic acid groups (broad SMARTS) is 1. The molecular formula is C15H14N3O7S-. The molecule has 1 amide bonds. The third-order valence-corrected chi connectivity index (χ3v) is 4.61. The third-order valence-electron chi connectivity index (χ3n) is 3.19. The zero-order valence-corrected chi connectivity index (χ0v) is 13.9. The Labute approximate surface area is 148 Å². The van der Waals surface area contributed by atoms with Crippen molar-refractivity contribution < 1.29 is 28.3 Å². The van der Waals surface area contributed by atoms with Gasteiger partial charge in [0.05, 0.1) is 16.1 Å². The van der Waals surface area contributed by atoms with Gasteiger partial charge in [0.15, 0.2) is 0 Å². The minimum Gasteiger partial charge on any atom is -0.733 e. The van der Waals surface area contributed by atoms with Crippen LogP contribution in [0.4, 0.5) is 11.4 Å². The number of amides is 1. The van der Waals surface area contributed by atoms with Gasteiger partial charge in [0.2, 0.25) is 10.0 Å². The van der Waals surface area contributed by atoms with E-state index in [-0.39, 0.29) is 21.8 Å². The Morgan fingerprint density at radius 1 is 1.08 bits per heavy atom. The Morgan fingerprint density at radius 2 is 1.69 bits per heavy atom. The van der Waals surface area contributed by atoms with Gasteiger partial charge in [0, 0.05) is 5.69 Å². The van der Waals surface area contributed by atoms with Crippen molar-refractivity contribution in [3.05, 3.63) is 59.3 Å². The van der Waals surface area contributed by atoms with Crippen molar-refractivity contribution in [2.24, 2.45) is 0 Å². The summed E-state index contributed by atoms with van der Waals surface area (Å²) < 4.78 is 25.7. The van der Waals surface area contributed by atoms with E-state index in [4.69, 9.17) is 10.3 Å². The number of hydrogen-bond donors (Lipinski definition) is 4. The first-order valence-electron chi connectivity index (χ1n) is 7.09. The molecule has 0 fully saturated rings. The summed E-state index contributed by atoms with van der Waals surface area (Å²) in [6.45, 7) is -0.759. The van der Waals surface area contributed by atoms with Crippen LogP contribution < -0.4 is 15.3 Å². The number of anilines is 2. The van der Waals surface area contributed by atoms with Crippen LogP contribution in [0.5, 0.6) is 0 Å². The highest BCUT2D eigenvalue weighted by atomic mass is 32.2. The van der Waals surface area contributed by atoms with Crippen LogP contribution in [0.25, 0.3) is 0 Å². The molecule has 0 radical (unpaired) electrons. The predicted octanol–water partition coefficient (Wildman–Crippen LogP) is 0.995. The van der Waals surface area contributed by atoms with E-state index in [9.17, 15) is 23.2 Å². The van der Waals surface area contributed by atoms with Crippen molar-refractivity contribution in [1.29, 1.82) is 0 Å². The fourth-order valence-electron chi connectivity index (χ4n) is 1.99. The number of para-hydroxylation sites is 1. The Balaban J connectivity index is 2.15. The van der Waals surface area contributed by atoms with Gasteiger partial charge in [-0.25, -0.2) is 8.42 Å². The number of hydrogen-bond acceptors (Lipinski definition) is 7. The lowest BCUT2D eigenvalue weighted by Crippen LogP contribution is -2.29. The number of carboxylic acids is 1. The molecule has 0 aromatic heterocycles. The molecule has 138 valence electrons. The Hall–Kier alpha value is -2.99. The molecule has 2 rings (SSSR count). The van der Waals surface area contributed by atoms with Gasteiger partial charge in [-0.15, -0.1) is 0 Å². The molecule has 10 nitrogen and oxygen atoms in total. The van der Waals surface area contributed by atoms with Crippen molar-refractivity contribution >= 4 is 33.3 Å². The minimum atomic E-state index is -4.00. The molecule has 0 aliphatic heterocycles. The fraction of sp³-hybridized carbons (Fsp3) is 0.0667. The van der Waals surface area contributed by atoms with E-state index in [1.54, 1.807) is 0 Å². The summed E-state index contributed by atoms with van der Waals surface area (Å²) >= 11 is 0. The molecule has 26 heavy (non-hydrogen) atoms. The maximum Gasteiger partial charge on any atom is 0.318 e. The molecule has 0 saturated carbocycles. The van der Waals surface area contributed by atoms with Gasteiger partial charge in [-0.3, -0.25) is 14.8 Å². The highest BCUT2D eigenvalue weighted by Gasteiger charge is 2.16. The molecule has 4 N–H and O–H groups in total. The quantitative estimate of drug-likeness (QED) is 0.518. The molecule has 0 saturated heterocycles. The number of carbonyl (C=O) groups is 2. The van der Waals surface area contributed by atoms with Gasteiger partial charge in [-0.2, -0.15) is 4.72 Å². The monoisotopic (exact) mass is 380 g/mol. The van der Waals surface area contributed by atoms with Crippen LogP contribution in [0.1, 0.15) is 10.4 Å². The maximum absolute atomic E-state index is 12.2. The van der Waals surface area contributed by atoms with Gasteiger partial charge >= 0.3 is 5.97 Å². The molecule has 0 bridgehead atoms. The second-order valence-electron chi connectivity index (χ2n) is 4.99. The Morgan fingerprint density at radius 3 is 2.27 bits per heavy atom. The summed E-state index contributed by atoms with van der Waals surface area (Å²) in [5.41, 5.74) is -0.0933. The summed E-state index contributed by atoms with van der Waals surface area (Å²) in [7, 11) is -4.00. The summed E-state index contributed by atoms with van der Waals surface area (Å²) in [6, 6.07) is 10.5. The second-order valence-corrected chi connectivity index (χ2v) is 6.75. The van der Waals surface area contributed by atoms with E-state index in [0.717, 1.165) is 0 Å². The number of benzene rings is 2. The number of nitrogens with zero attached hydrogens (tertiary/aromatic N) is 1. The first-order chi connectivity index (χ1) is 12.2. The topological polar surface area (TPSA) is 159 Å². The van der Waals surface area contributed by atoms with Crippen LogP contribution in [0.15, 0.2) is 53.4 Å². The molecule has 2 aromatic rings. The molecule has 0 atom stereocenters. The zero-order valence-electron chi connectivity index (χ0n) is 13.1. The van der Waals surface area contributed by atoms with E-state index in [1.807, 2.05) is 4.72 Å². The van der Waals surface area contributed by atoms with Gasteiger partial charge in [-0.05, 0) is 36.4 Å². The first-order valence-corrected chi connectivity index (χ1v) is 8.57. The van der Waals surface area contributed by atoms with E-state index >= 15 is 0 Å². The van der Waals surface area contributed by atoms with Crippen LogP contribution in [0.2, 0.25) is 0 Å². The lowest BCUT2D eigenvalue weighted by molar-refractivity contribution is -0.135. The SMILES string of the molecule is O=C(O)CNS(=O)(=O)c1ccc(NC(=O)c2ccccc2N([O-])O)cc1. The highest BCUT2D eigenvalue weighted by molar-refractivity contribution is 7.89. The largest absolute Gasteiger partial charge is 0.733 e. The Kier molecular flexibility index (Phi) is 5.90. The number of nitrogens with one attached hydrogen (secondary N) is 2. The average Bonchev–Trinajstić information content (AvgIpc) is 2.60. The lowest BCUT2D eigenvalue weighted by atomic mass is 10.1. The van der Waals surface area contributed by atoms with Crippen molar-refractivity contribution in [2.45, 2.75) is 4.90 Å². The molecule has 0 aliphatic carbocycles. The lowest BCUT2D eigenvalue weighted by Gasteiger charge is -2.24. The fourth-order valence-corrected chi connectivity index (χ4v) is 2.96. The summed E-state index contributed by atoms with van der Waals surface area (Å²) in [6.07, 6.45) is 0. The highest BCUT2D eigenvalue weighted by Crippen LogP contribution is 2.20. The molecule has 11 heteroatoms. The number of carbonyl (C=O) groups excluding carboxylic acids is 1. The molecule has 2 aromatic carbocycles. The van der Waals surface area contributed by atoms with E-state index in [1.165, 1.54) is 48.5 Å². The summed E-state index contributed by atoms with van der Waals surface area (Å²) in [5.74, 6) is -2.01. The second kappa shape index (κ2) is 7.93. The predicted molar refractivity (Wildman–Crippen MR) is 91.3 cm³/mol. The van der Waals surface area contributed by atoms with Crippen molar-refractivity contribution in [2.75, 3.05) is 17.1 Å².